The molecule has 1 aromatic carbocycles. The topological polar surface area (TPSA) is 21.3 Å². The van der Waals surface area contributed by atoms with E-state index in [2.05, 4.69) is 53.3 Å². The lowest BCUT2D eigenvalue weighted by molar-refractivity contribution is -0.157. The first-order valence-electron chi connectivity index (χ1n) is 7.30. The molecule has 2 nitrogen and oxygen atoms in total. The molecule has 104 valence electrons. The number of anilines is 1. The highest BCUT2D eigenvalue weighted by Crippen LogP contribution is 2.58. The minimum absolute atomic E-state index is 0.421. The zero-order valence-corrected chi connectivity index (χ0v) is 13.3. The quantitative estimate of drug-likeness (QED) is 0.879. The molecular formula is C16H22BrNO. The molecule has 0 bridgehead atoms. The highest BCUT2D eigenvalue weighted by atomic mass is 79.9. The van der Waals surface area contributed by atoms with Crippen molar-refractivity contribution < 1.29 is 4.74 Å². The highest BCUT2D eigenvalue weighted by Gasteiger charge is 2.58. The van der Waals surface area contributed by atoms with E-state index in [1.807, 2.05) is 0 Å². The summed E-state index contributed by atoms with van der Waals surface area (Å²) in [7, 11) is 0. The van der Waals surface area contributed by atoms with E-state index in [-0.39, 0.29) is 0 Å². The zero-order valence-electron chi connectivity index (χ0n) is 11.7. The minimum atomic E-state index is 0.421. The van der Waals surface area contributed by atoms with Crippen molar-refractivity contribution >= 4 is 21.6 Å². The van der Waals surface area contributed by atoms with Gasteiger partial charge in [0.25, 0.3) is 0 Å². The number of benzene rings is 1. The number of ether oxygens (including phenoxy) is 1. The normalized spacial score (nSPS) is 27.7. The van der Waals surface area contributed by atoms with Crippen molar-refractivity contribution in [2.75, 3.05) is 11.9 Å². The standard InChI is InChI=1S/C16H22BrNO/c1-3-19-15-10-14(16(15)8-5-9-16)18-13-7-4-6-12(17)11(13)2/h4,6-7,14-15,18H,3,5,8-10H2,1-2H3. The van der Waals surface area contributed by atoms with Gasteiger partial charge in [0.15, 0.2) is 0 Å². The van der Waals surface area contributed by atoms with Gasteiger partial charge in [-0.3, -0.25) is 0 Å². The second-order valence-electron chi connectivity index (χ2n) is 5.88. The Morgan fingerprint density at radius 2 is 2.21 bits per heavy atom. The van der Waals surface area contributed by atoms with Gasteiger partial charge in [0.2, 0.25) is 0 Å². The number of rotatable bonds is 4. The van der Waals surface area contributed by atoms with Crippen LogP contribution in [0.1, 0.15) is 38.2 Å². The van der Waals surface area contributed by atoms with E-state index in [1.54, 1.807) is 0 Å². The number of hydrogen-bond donors (Lipinski definition) is 1. The predicted octanol–water partition coefficient (Wildman–Crippen LogP) is 4.52. The molecule has 1 aromatic rings. The fourth-order valence-corrected chi connectivity index (χ4v) is 3.96. The summed E-state index contributed by atoms with van der Waals surface area (Å²) in [5, 5.41) is 3.76. The molecule has 0 radical (unpaired) electrons. The van der Waals surface area contributed by atoms with Gasteiger partial charge < -0.3 is 10.1 Å². The van der Waals surface area contributed by atoms with Crippen LogP contribution in [-0.4, -0.2) is 18.8 Å². The summed E-state index contributed by atoms with van der Waals surface area (Å²) in [5.74, 6) is 0. The van der Waals surface area contributed by atoms with Crippen molar-refractivity contribution in [1.29, 1.82) is 0 Å². The van der Waals surface area contributed by atoms with Gasteiger partial charge in [-0.15, -0.1) is 0 Å². The Morgan fingerprint density at radius 1 is 1.42 bits per heavy atom. The van der Waals surface area contributed by atoms with Gasteiger partial charge >= 0.3 is 0 Å². The van der Waals surface area contributed by atoms with E-state index in [0.717, 1.165) is 13.0 Å². The van der Waals surface area contributed by atoms with Crippen LogP contribution in [0.25, 0.3) is 0 Å². The Kier molecular flexibility index (Phi) is 3.61. The van der Waals surface area contributed by atoms with Crippen LogP contribution in [0, 0.1) is 12.3 Å². The zero-order chi connectivity index (χ0) is 13.5. The van der Waals surface area contributed by atoms with Gasteiger partial charge in [0.05, 0.1) is 6.10 Å². The second kappa shape index (κ2) is 5.10. The Hall–Kier alpha value is -0.540. The lowest BCUT2D eigenvalue weighted by atomic mass is 9.51. The molecule has 19 heavy (non-hydrogen) atoms. The van der Waals surface area contributed by atoms with Crippen LogP contribution >= 0.6 is 15.9 Å². The molecule has 0 aliphatic heterocycles. The Balaban J connectivity index is 1.73. The maximum Gasteiger partial charge on any atom is 0.0670 e. The average Bonchev–Trinajstić information content (AvgIpc) is 2.31. The van der Waals surface area contributed by atoms with Gasteiger partial charge in [-0.25, -0.2) is 0 Å². The molecule has 0 aromatic heterocycles. The summed E-state index contributed by atoms with van der Waals surface area (Å²) in [6.07, 6.45) is 5.64. The van der Waals surface area contributed by atoms with Crippen LogP contribution in [-0.2, 0) is 4.74 Å². The molecule has 2 unspecified atom stereocenters. The molecule has 3 heteroatoms. The van der Waals surface area contributed by atoms with Crippen molar-refractivity contribution in [3.05, 3.63) is 28.2 Å². The van der Waals surface area contributed by atoms with Crippen LogP contribution in [0.2, 0.25) is 0 Å². The average molecular weight is 324 g/mol. The molecule has 2 saturated carbocycles. The second-order valence-corrected chi connectivity index (χ2v) is 6.73. The molecule has 0 heterocycles. The van der Waals surface area contributed by atoms with Crippen molar-refractivity contribution in [2.24, 2.45) is 5.41 Å². The lowest BCUT2D eigenvalue weighted by Gasteiger charge is -2.61. The maximum atomic E-state index is 5.91. The molecule has 2 aliphatic carbocycles. The summed E-state index contributed by atoms with van der Waals surface area (Å²) in [5.41, 5.74) is 2.99. The molecule has 3 rings (SSSR count). The van der Waals surface area contributed by atoms with Gasteiger partial charge in [-0.05, 0) is 50.8 Å². The molecule has 1 N–H and O–H groups in total. The number of nitrogens with one attached hydrogen (secondary N) is 1. The predicted molar refractivity (Wildman–Crippen MR) is 82.6 cm³/mol. The van der Waals surface area contributed by atoms with Crippen LogP contribution in [0.5, 0.6) is 0 Å². The molecule has 1 spiro atoms. The van der Waals surface area contributed by atoms with Crippen LogP contribution < -0.4 is 5.32 Å². The summed E-state index contributed by atoms with van der Waals surface area (Å²) in [4.78, 5) is 0. The van der Waals surface area contributed by atoms with Gasteiger partial charge in [-0.2, -0.15) is 0 Å². The monoisotopic (exact) mass is 323 g/mol. The van der Waals surface area contributed by atoms with Crippen LogP contribution in [0.4, 0.5) is 5.69 Å². The Labute approximate surface area is 124 Å². The molecule has 2 aliphatic rings. The van der Waals surface area contributed by atoms with Gasteiger partial charge in [0.1, 0.15) is 0 Å². The van der Waals surface area contributed by atoms with Crippen LogP contribution in [0.15, 0.2) is 22.7 Å². The first kappa shape index (κ1) is 13.4. The first-order chi connectivity index (χ1) is 9.17. The summed E-state index contributed by atoms with van der Waals surface area (Å²) in [6, 6.07) is 6.97. The van der Waals surface area contributed by atoms with E-state index in [9.17, 15) is 0 Å². The first-order valence-corrected chi connectivity index (χ1v) is 8.10. The highest BCUT2D eigenvalue weighted by molar-refractivity contribution is 9.10. The number of halogens is 1. The van der Waals surface area contributed by atoms with E-state index in [4.69, 9.17) is 4.74 Å². The third kappa shape index (κ3) is 2.11. The van der Waals surface area contributed by atoms with Crippen LogP contribution in [0.3, 0.4) is 0 Å². The van der Waals surface area contributed by atoms with E-state index in [1.165, 1.54) is 35.0 Å². The molecular weight excluding hydrogens is 302 g/mol. The fraction of sp³-hybridized carbons (Fsp3) is 0.625. The largest absolute Gasteiger partial charge is 0.381 e. The maximum absolute atomic E-state index is 5.91. The van der Waals surface area contributed by atoms with Gasteiger partial charge in [0, 0.05) is 28.2 Å². The molecule has 2 fully saturated rings. The van der Waals surface area contributed by atoms with E-state index >= 15 is 0 Å². The molecule has 2 atom stereocenters. The third-order valence-electron chi connectivity index (χ3n) is 5.03. The Morgan fingerprint density at radius 3 is 2.84 bits per heavy atom. The van der Waals surface area contributed by atoms with Gasteiger partial charge in [-0.1, -0.05) is 28.4 Å². The summed E-state index contributed by atoms with van der Waals surface area (Å²) in [6.45, 7) is 5.11. The van der Waals surface area contributed by atoms with Crippen molar-refractivity contribution in [1.82, 2.24) is 0 Å². The Bertz CT molecular complexity index is 470. The number of hydrogen-bond acceptors (Lipinski definition) is 2. The van der Waals surface area contributed by atoms with Crippen molar-refractivity contribution in [3.8, 4) is 0 Å². The third-order valence-corrected chi connectivity index (χ3v) is 5.89. The van der Waals surface area contributed by atoms with E-state index in [0.29, 0.717) is 17.6 Å². The SMILES string of the molecule is CCOC1CC(Nc2cccc(Br)c2C)C12CCC2. The minimum Gasteiger partial charge on any atom is -0.381 e. The van der Waals surface area contributed by atoms with E-state index < -0.39 is 0 Å². The fourth-order valence-electron chi connectivity index (χ4n) is 3.59. The summed E-state index contributed by atoms with van der Waals surface area (Å²) >= 11 is 3.61. The van der Waals surface area contributed by atoms with Crippen molar-refractivity contribution in [3.63, 3.8) is 0 Å². The van der Waals surface area contributed by atoms with Crippen molar-refractivity contribution in [2.45, 2.75) is 51.7 Å². The molecule has 0 saturated heterocycles. The smallest absolute Gasteiger partial charge is 0.0670 e. The lowest BCUT2D eigenvalue weighted by Crippen LogP contribution is -2.64. The summed E-state index contributed by atoms with van der Waals surface area (Å²) < 4.78 is 7.09. The molecule has 0 amide bonds.